The molecular formula is C6H9NO4. The molecule has 3 unspecified atom stereocenters. The van der Waals surface area contributed by atoms with Crippen LogP contribution in [0.4, 0.5) is 0 Å². The molecular weight excluding hydrogens is 150 g/mol. The molecule has 0 aromatic rings. The molecule has 1 N–H and O–H groups in total. The van der Waals surface area contributed by atoms with E-state index in [-0.39, 0.29) is 25.4 Å². The summed E-state index contributed by atoms with van der Waals surface area (Å²) in [4.78, 5) is 10.2. The van der Waals surface area contributed by atoms with Crippen LogP contribution in [-0.4, -0.2) is 42.7 Å². The summed E-state index contributed by atoms with van der Waals surface area (Å²) in [5, 5.41) is 12.1. The van der Waals surface area contributed by atoms with Gasteiger partial charge in [0.2, 0.25) is 0 Å². The lowest BCUT2D eigenvalue weighted by Crippen LogP contribution is -2.30. The summed E-state index contributed by atoms with van der Waals surface area (Å²) in [5.74, 6) is 0. The Balaban J connectivity index is 2.10. The second-order valence-electron chi connectivity index (χ2n) is 2.84. The zero-order valence-corrected chi connectivity index (χ0v) is 5.84. The van der Waals surface area contributed by atoms with Crippen LogP contribution in [0.5, 0.6) is 0 Å². The lowest BCUT2D eigenvalue weighted by molar-refractivity contribution is 0.0182. The first-order valence-electron chi connectivity index (χ1n) is 3.56. The third kappa shape index (κ3) is 0.962. The highest BCUT2D eigenvalue weighted by Gasteiger charge is 2.47. The fourth-order valence-corrected chi connectivity index (χ4v) is 1.55. The molecule has 0 aliphatic carbocycles. The van der Waals surface area contributed by atoms with E-state index in [2.05, 4.69) is 5.18 Å². The van der Waals surface area contributed by atoms with Gasteiger partial charge in [0.1, 0.15) is 24.4 Å². The fraction of sp³-hybridized carbons (Fsp3) is 1.00. The SMILES string of the molecule is O=NC1COC2C(O)CO[C@H]12. The minimum Gasteiger partial charge on any atom is -0.388 e. The first-order chi connectivity index (χ1) is 5.33. The van der Waals surface area contributed by atoms with Gasteiger partial charge in [-0.1, -0.05) is 5.18 Å². The van der Waals surface area contributed by atoms with Crippen LogP contribution in [0.1, 0.15) is 0 Å². The van der Waals surface area contributed by atoms with E-state index in [1.54, 1.807) is 0 Å². The Hall–Kier alpha value is -0.520. The van der Waals surface area contributed by atoms with Crippen molar-refractivity contribution in [3.05, 3.63) is 4.91 Å². The number of hydrogen-bond acceptors (Lipinski definition) is 5. The van der Waals surface area contributed by atoms with Gasteiger partial charge in [-0.25, -0.2) is 0 Å². The Kier molecular flexibility index (Phi) is 1.63. The maximum Gasteiger partial charge on any atom is 0.144 e. The molecule has 2 fully saturated rings. The largest absolute Gasteiger partial charge is 0.388 e. The average Bonchev–Trinajstić information content (AvgIpc) is 2.53. The number of aliphatic hydroxyl groups is 1. The van der Waals surface area contributed by atoms with E-state index in [1.165, 1.54) is 0 Å². The van der Waals surface area contributed by atoms with Crippen molar-refractivity contribution in [1.82, 2.24) is 0 Å². The monoisotopic (exact) mass is 159 g/mol. The molecule has 0 amide bonds. The second kappa shape index (κ2) is 2.51. The predicted octanol–water partition coefficient (Wildman–Crippen LogP) is -0.720. The molecule has 0 bridgehead atoms. The number of ether oxygens (including phenoxy) is 2. The van der Waals surface area contributed by atoms with Crippen molar-refractivity contribution in [1.29, 1.82) is 0 Å². The van der Waals surface area contributed by atoms with Crippen LogP contribution >= 0.6 is 0 Å². The number of fused-ring (bicyclic) bond motifs is 1. The summed E-state index contributed by atoms with van der Waals surface area (Å²) in [7, 11) is 0. The van der Waals surface area contributed by atoms with Crippen molar-refractivity contribution >= 4 is 0 Å². The highest BCUT2D eigenvalue weighted by molar-refractivity contribution is 4.97. The summed E-state index contributed by atoms with van der Waals surface area (Å²) in [6.45, 7) is 0.525. The molecule has 2 saturated heterocycles. The molecule has 5 heteroatoms. The Morgan fingerprint density at radius 3 is 2.73 bits per heavy atom. The minimum atomic E-state index is -0.591. The van der Waals surface area contributed by atoms with Crippen LogP contribution in [0, 0.1) is 4.91 Å². The quantitative estimate of drug-likeness (QED) is 0.512. The smallest absolute Gasteiger partial charge is 0.144 e. The van der Waals surface area contributed by atoms with Gasteiger partial charge in [0, 0.05) is 0 Å². The zero-order chi connectivity index (χ0) is 7.84. The lowest BCUT2D eigenvalue weighted by atomic mass is 10.1. The van der Waals surface area contributed by atoms with Gasteiger partial charge in [-0.2, -0.15) is 4.91 Å². The van der Waals surface area contributed by atoms with Gasteiger partial charge >= 0.3 is 0 Å². The number of nitrogens with zero attached hydrogens (tertiary/aromatic N) is 1. The van der Waals surface area contributed by atoms with Crippen LogP contribution in [-0.2, 0) is 9.47 Å². The first-order valence-corrected chi connectivity index (χ1v) is 3.56. The van der Waals surface area contributed by atoms with Gasteiger partial charge in [0.25, 0.3) is 0 Å². The van der Waals surface area contributed by atoms with Crippen molar-refractivity contribution in [2.45, 2.75) is 24.4 Å². The molecule has 2 heterocycles. The highest BCUT2D eigenvalue weighted by atomic mass is 16.6. The molecule has 2 aliphatic heterocycles. The van der Waals surface area contributed by atoms with Crippen molar-refractivity contribution in [2.24, 2.45) is 5.18 Å². The maximum atomic E-state index is 10.2. The number of rotatable bonds is 1. The molecule has 2 aliphatic rings. The molecule has 0 saturated carbocycles. The minimum absolute atomic E-state index is 0.251. The van der Waals surface area contributed by atoms with E-state index < -0.39 is 12.1 Å². The van der Waals surface area contributed by atoms with E-state index in [0.29, 0.717) is 0 Å². The fourth-order valence-electron chi connectivity index (χ4n) is 1.55. The summed E-state index contributed by atoms with van der Waals surface area (Å²) in [6, 6.07) is -0.433. The summed E-state index contributed by atoms with van der Waals surface area (Å²) in [6.07, 6.45) is -1.24. The highest BCUT2D eigenvalue weighted by Crippen LogP contribution is 2.28. The van der Waals surface area contributed by atoms with E-state index >= 15 is 0 Å². The zero-order valence-electron chi connectivity index (χ0n) is 5.84. The molecule has 11 heavy (non-hydrogen) atoms. The maximum absolute atomic E-state index is 10.2. The molecule has 5 nitrogen and oxygen atoms in total. The lowest BCUT2D eigenvalue weighted by Gasteiger charge is -2.08. The average molecular weight is 159 g/mol. The van der Waals surface area contributed by atoms with E-state index in [9.17, 15) is 10.0 Å². The van der Waals surface area contributed by atoms with Crippen LogP contribution in [0.15, 0.2) is 5.18 Å². The molecule has 0 aromatic carbocycles. The van der Waals surface area contributed by atoms with Crippen LogP contribution in [0.25, 0.3) is 0 Å². The van der Waals surface area contributed by atoms with Gasteiger partial charge in [-0.3, -0.25) is 0 Å². The Bertz CT molecular complexity index is 174. The second-order valence-corrected chi connectivity index (χ2v) is 2.84. The van der Waals surface area contributed by atoms with Crippen molar-refractivity contribution in [3.63, 3.8) is 0 Å². The van der Waals surface area contributed by atoms with Crippen molar-refractivity contribution in [3.8, 4) is 0 Å². The van der Waals surface area contributed by atoms with Gasteiger partial charge in [-0.05, 0) is 0 Å². The first kappa shape index (κ1) is 7.15. The van der Waals surface area contributed by atoms with E-state index in [1.807, 2.05) is 0 Å². The molecule has 2 rings (SSSR count). The van der Waals surface area contributed by atoms with Crippen LogP contribution < -0.4 is 0 Å². The summed E-state index contributed by atoms with van der Waals surface area (Å²) in [5.41, 5.74) is 0. The van der Waals surface area contributed by atoms with E-state index in [0.717, 1.165) is 0 Å². The molecule has 0 aromatic heterocycles. The van der Waals surface area contributed by atoms with E-state index in [4.69, 9.17) is 9.47 Å². The molecule has 4 atom stereocenters. The van der Waals surface area contributed by atoms with Gasteiger partial charge in [-0.15, -0.1) is 0 Å². The third-order valence-electron chi connectivity index (χ3n) is 2.14. The number of hydrogen-bond donors (Lipinski definition) is 1. The molecule has 0 radical (unpaired) electrons. The normalized spacial score (nSPS) is 49.2. The Labute approximate surface area is 63.3 Å². The molecule has 0 spiro atoms. The predicted molar refractivity (Wildman–Crippen MR) is 35.1 cm³/mol. The van der Waals surface area contributed by atoms with Crippen molar-refractivity contribution in [2.75, 3.05) is 13.2 Å². The topological polar surface area (TPSA) is 68.1 Å². The Morgan fingerprint density at radius 1 is 1.27 bits per heavy atom. The standard InChI is InChI=1S/C6H9NO4/c8-4-2-11-5-3(7-9)1-10-6(4)5/h3-6,8H,1-2H2/t3?,4?,5-,6?/m1/s1. The molecule has 62 valence electrons. The van der Waals surface area contributed by atoms with Gasteiger partial charge in [0.05, 0.1) is 13.2 Å². The van der Waals surface area contributed by atoms with Crippen LogP contribution in [0.2, 0.25) is 0 Å². The van der Waals surface area contributed by atoms with Crippen molar-refractivity contribution < 1.29 is 14.6 Å². The summed E-state index contributed by atoms with van der Waals surface area (Å²) < 4.78 is 10.2. The van der Waals surface area contributed by atoms with Gasteiger partial charge in [0.15, 0.2) is 0 Å². The number of aliphatic hydroxyl groups excluding tert-OH is 1. The number of nitroso groups, excluding NO2 is 1. The third-order valence-corrected chi connectivity index (χ3v) is 2.14. The summed E-state index contributed by atoms with van der Waals surface area (Å²) >= 11 is 0. The van der Waals surface area contributed by atoms with Gasteiger partial charge < -0.3 is 14.6 Å². The Morgan fingerprint density at radius 2 is 2.00 bits per heavy atom. The van der Waals surface area contributed by atoms with Crippen LogP contribution in [0.3, 0.4) is 0 Å².